The minimum absolute atomic E-state index is 0.0274. The molecular formula is C20H27N3O3. The summed E-state index contributed by atoms with van der Waals surface area (Å²) < 4.78 is 12.7. The summed E-state index contributed by atoms with van der Waals surface area (Å²) in [6.45, 7) is 3.99. The molecule has 6 heteroatoms. The Bertz CT molecular complexity index is 733. The van der Waals surface area contributed by atoms with E-state index in [4.69, 9.17) is 9.47 Å². The molecule has 0 N–H and O–H groups in total. The van der Waals surface area contributed by atoms with Gasteiger partial charge in [0, 0.05) is 32.4 Å². The van der Waals surface area contributed by atoms with E-state index >= 15 is 0 Å². The Morgan fingerprint density at radius 2 is 2.15 bits per heavy atom. The van der Waals surface area contributed by atoms with Crippen LogP contribution in [0, 0.1) is 6.92 Å². The van der Waals surface area contributed by atoms with E-state index in [-0.39, 0.29) is 12.0 Å². The number of aryl methyl sites for hydroxylation is 1. The van der Waals surface area contributed by atoms with Gasteiger partial charge in [0.25, 0.3) is 5.91 Å². The van der Waals surface area contributed by atoms with E-state index in [9.17, 15) is 4.79 Å². The molecule has 1 aliphatic rings. The molecule has 1 aromatic carbocycles. The normalized spacial score (nSPS) is 16.7. The molecule has 0 spiro atoms. The van der Waals surface area contributed by atoms with Crippen LogP contribution in [0.1, 0.15) is 34.5 Å². The summed E-state index contributed by atoms with van der Waals surface area (Å²) in [5, 5.41) is 4.21. The summed E-state index contributed by atoms with van der Waals surface area (Å²) in [5.74, 6) is 0.867. The van der Waals surface area contributed by atoms with Gasteiger partial charge in [-0.25, -0.2) is 0 Å². The lowest BCUT2D eigenvalue weighted by atomic mass is 10.1. The first-order valence-electron chi connectivity index (χ1n) is 9.11. The fourth-order valence-electron chi connectivity index (χ4n) is 3.25. The van der Waals surface area contributed by atoms with Crippen molar-refractivity contribution in [2.24, 2.45) is 7.05 Å². The molecule has 1 aliphatic heterocycles. The average Bonchev–Trinajstić information content (AvgIpc) is 3.29. The molecule has 1 aromatic heterocycles. The minimum Gasteiger partial charge on any atom is -0.497 e. The molecule has 1 fully saturated rings. The van der Waals surface area contributed by atoms with E-state index in [1.807, 2.05) is 43.1 Å². The van der Waals surface area contributed by atoms with Crippen LogP contribution in [0.15, 0.2) is 30.5 Å². The number of amides is 1. The molecule has 1 atom stereocenters. The minimum atomic E-state index is 0.0274. The van der Waals surface area contributed by atoms with Crippen LogP contribution in [-0.2, 0) is 18.2 Å². The number of aromatic nitrogens is 2. The summed E-state index contributed by atoms with van der Waals surface area (Å²) in [4.78, 5) is 15.0. The number of hydrogen-bond acceptors (Lipinski definition) is 4. The predicted octanol–water partition coefficient (Wildman–Crippen LogP) is 2.60. The topological polar surface area (TPSA) is 56.6 Å². The summed E-state index contributed by atoms with van der Waals surface area (Å²) >= 11 is 0. The van der Waals surface area contributed by atoms with Crippen LogP contribution in [0.25, 0.3) is 0 Å². The fourth-order valence-corrected chi connectivity index (χ4v) is 3.25. The van der Waals surface area contributed by atoms with E-state index in [0.29, 0.717) is 18.7 Å². The number of methoxy groups -OCH3 is 1. The van der Waals surface area contributed by atoms with Gasteiger partial charge in [-0.2, -0.15) is 5.10 Å². The Morgan fingerprint density at radius 1 is 1.38 bits per heavy atom. The van der Waals surface area contributed by atoms with Crippen molar-refractivity contribution in [1.29, 1.82) is 0 Å². The van der Waals surface area contributed by atoms with Crippen LogP contribution in [0.4, 0.5) is 0 Å². The average molecular weight is 357 g/mol. The maximum absolute atomic E-state index is 13.1. The van der Waals surface area contributed by atoms with Crippen LogP contribution in [-0.4, -0.2) is 53.5 Å². The quantitative estimate of drug-likeness (QED) is 0.764. The van der Waals surface area contributed by atoms with E-state index in [2.05, 4.69) is 5.10 Å². The Balaban J connectivity index is 1.71. The Hall–Kier alpha value is -2.34. The first-order chi connectivity index (χ1) is 12.6. The molecule has 140 valence electrons. The van der Waals surface area contributed by atoms with Gasteiger partial charge in [0.05, 0.1) is 25.0 Å². The first kappa shape index (κ1) is 18.5. The van der Waals surface area contributed by atoms with Crippen LogP contribution >= 0.6 is 0 Å². The van der Waals surface area contributed by atoms with Crippen molar-refractivity contribution < 1.29 is 14.3 Å². The zero-order chi connectivity index (χ0) is 18.5. The van der Waals surface area contributed by atoms with Crippen molar-refractivity contribution in [1.82, 2.24) is 14.7 Å². The summed E-state index contributed by atoms with van der Waals surface area (Å²) in [5.41, 5.74) is 2.73. The highest BCUT2D eigenvalue weighted by Gasteiger charge is 2.25. The van der Waals surface area contributed by atoms with Gasteiger partial charge in [-0.1, -0.05) is 12.1 Å². The van der Waals surface area contributed by atoms with Gasteiger partial charge >= 0.3 is 0 Å². The number of hydrogen-bond donors (Lipinski definition) is 0. The SMILES string of the molecule is COc1ccc(CCN(C[C@@H]2CCCO2)C(=O)c2cnn(C)c2C)cc1. The van der Waals surface area contributed by atoms with Gasteiger partial charge in [-0.05, 0) is 43.9 Å². The van der Waals surface area contributed by atoms with E-state index in [1.54, 1.807) is 18.0 Å². The molecule has 3 rings (SSSR count). The molecule has 6 nitrogen and oxygen atoms in total. The first-order valence-corrected chi connectivity index (χ1v) is 9.11. The zero-order valence-electron chi connectivity index (χ0n) is 15.8. The predicted molar refractivity (Wildman–Crippen MR) is 99.5 cm³/mol. The maximum Gasteiger partial charge on any atom is 0.257 e. The second-order valence-electron chi connectivity index (χ2n) is 6.75. The third-order valence-electron chi connectivity index (χ3n) is 5.03. The molecular weight excluding hydrogens is 330 g/mol. The number of rotatable bonds is 7. The molecule has 26 heavy (non-hydrogen) atoms. The van der Waals surface area contributed by atoms with Crippen molar-refractivity contribution in [3.8, 4) is 5.75 Å². The van der Waals surface area contributed by atoms with Gasteiger partial charge < -0.3 is 14.4 Å². The maximum atomic E-state index is 13.1. The van der Waals surface area contributed by atoms with E-state index in [0.717, 1.165) is 37.3 Å². The van der Waals surface area contributed by atoms with Crippen LogP contribution < -0.4 is 4.74 Å². The number of carbonyl (C=O) groups is 1. The molecule has 2 aromatic rings. The summed E-state index contributed by atoms with van der Waals surface area (Å²) in [6, 6.07) is 7.99. The molecule has 0 saturated carbocycles. The standard InChI is InChI=1S/C20H27N3O3/c1-15-19(13-21-22(15)2)20(24)23(14-18-5-4-12-26-18)11-10-16-6-8-17(25-3)9-7-16/h6-9,13,18H,4-5,10-12,14H2,1-3H3/t18-/m0/s1. The van der Waals surface area contributed by atoms with Crippen molar-refractivity contribution in [2.45, 2.75) is 32.3 Å². The highest BCUT2D eigenvalue weighted by Crippen LogP contribution is 2.18. The van der Waals surface area contributed by atoms with Crippen molar-refractivity contribution >= 4 is 5.91 Å². The molecule has 1 amide bonds. The zero-order valence-corrected chi connectivity index (χ0v) is 15.8. The lowest BCUT2D eigenvalue weighted by Gasteiger charge is -2.25. The van der Waals surface area contributed by atoms with Gasteiger partial charge in [0.1, 0.15) is 5.75 Å². The third kappa shape index (κ3) is 4.25. The van der Waals surface area contributed by atoms with Crippen molar-refractivity contribution in [3.63, 3.8) is 0 Å². The number of nitrogens with zero attached hydrogens (tertiary/aromatic N) is 3. The lowest BCUT2D eigenvalue weighted by Crippen LogP contribution is -2.39. The van der Waals surface area contributed by atoms with Crippen molar-refractivity contribution in [3.05, 3.63) is 47.3 Å². The molecule has 0 bridgehead atoms. The number of carbonyl (C=O) groups excluding carboxylic acids is 1. The highest BCUT2D eigenvalue weighted by molar-refractivity contribution is 5.95. The monoisotopic (exact) mass is 357 g/mol. The van der Waals surface area contributed by atoms with Crippen LogP contribution in [0.5, 0.6) is 5.75 Å². The van der Waals surface area contributed by atoms with Gasteiger partial charge in [-0.3, -0.25) is 9.48 Å². The lowest BCUT2D eigenvalue weighted by molar-refractivity contribution is 0.0528. The molecule has 1 saturated heterocycles. The second-order valence-corrected chi connectivity index (χ2v) is 6.75. The smallest absolute Gasteiger partial charge is 0.257 e. The van der Waals surface area contributed by atoms with Crippen LogP contribution in [0.2, 0.25) is 0 Å². The number of benzene rings is 1. The van der Waals surface area contributed by atoms with Gasteiger partial charge in [0.15, 0.2) is 0 Å². The Morgan fingerprint density at radius 3 is 2.73 bits per heavy atom. The largest absolute Gasteiger partial charge is 0.497 e. The fraction of sp³-hybridized carbons (Fsp3) is 0.500. The molecule has 2 heterocycles. The number of ether oxygens (including phenoxy) is 2. The Kier molecular flexibility index (Phi) is 5.93. The van der Waals surface area contributed by atoms with Crippen LogP contribution in [0.3, 0.4) is 0 Å². The van der Waals surface area contributed by atoms with E-state index in [1.165, 1.54) is 5.56 Å². The highest BCUT2D eigenvalue weighted by atomic mass is 16.5. The molecule has 0 unspecified atom stereocenters. The van der Waals surface area contributed by atoms with Crippen molar-refractivity contribution in [2.75, 3.05) is 26.8 Å². The van der Waals surface area contributed by atoms with Gasteiger partial charge in [-0.15, -0.1) is 0 Å². The summed E-state index contributed by atoms with van der Waals surface area (Å²) in [6.07, 6.45) is 4.66. The third-order valence-corrected chi connectivity index (χ3v) is 5.03. The van der Waals surface area contributed by atoms with Gasteiger partial charge in [0.2, 0.25) is 0 Å². The molecule has 0 radical (unpaired) electrons. The summed E-state index contributed by atoms with van der Waals surface area (Å²) in [7, 11) is 3.52. The molecule has 0 aliphatic carbocycles. The second kappa shape index (κ2) is 8.36. The Labute approximate surface area is 154 Å². The van der Waals surface area contributed by atoms with E-state index < -0.39 is 0 Å².